The van der Waals surface area contributed by atoms with Gasteiger partial charge in [-0.2, -0.15) is 0 Å². The minimum absolute atomic E-state index is 0.0325. The molecule has 0 unspecified atom stereocenters. The second-order valence-corrected chi connectivity index (χ2v) is 8.16. The maximum atomic E-state index is 13.8. The van der Waals surface area contributed by atoms with Crippen LogP contribution in [0.15, 0.2) is 84.6 Å². The highest BCUT2D eigenvalue weighted by atomic mass is 16.5. The Morgan fingerprint density at radius 3 is 2.15 bits per heavy atom. The molecule has 0 aromatic heterocycles. The van der Waals surface area contributed by atoms with Gasteiger partial charge in [-0.25, -0.2) is 4.90 Å². The van der Waals surface area contributed by atoms with Crippen LogP contribution in [0, 0.1) is 0 Å². The molecule has 6 heteroatoms. The number of hydrogen-bond donors (Lipinski definition) is 0. The minimum Gasteiger partial charge on any atom is -0.492 e. The number of nitrogens with zero attached hydrogens (tertiary/aromatic N) is 2. The third kappa shape index (κ3) is 4.39. The van der Waals surface area contributed by atoms with E-state index in [0.29, 0.717) is 40.6 Å². The molecule has 6 nitrogen and oxygen atoms in total. The molecule has 0 N–H and O–H groups in total. The molecular formula is C28H28N2O4. The van der Waals surface area contributed by atoms with Crippen LogP contribution in [0.4, 0.5) is 11.4 Å². The SMILES string of the molecule is CCOc1ccccc1N1C(=O)C(c2ccc(OC(C)C)cc2)=C(N(C)c2ccccc2)C1=O. The van der Waals surface area contributed by atoms with Gasteiger partial charge in [0.05, 0.1) is 24.0 Å². The average molecular weight is 457 g/mol. The fourth-order valence-corrected chi connectivity index (χ4v) is 3.98. The van der Waals surface area contributed by atoms with Crippen molar-refractivity contribution in [1.29, 1.82) is 0 Å². The Morgan fingerprint density at radius 2 is 1.50 bits per heavy atom. The van der Waals surface area contributed by atoms with Gasteiger partial charge in [0.2, 0.25) is 0 Å². The largest absolute Gasteiger partial charge is 0.492 e. The highest BCUT2D eigenvalue weighted by Crippen LogP contribution is 2.39. The molecular weight excluding hydrogens is 428 g/mol. The van der Waals surface area contributed by atoms with E-state index in [2.05, 4.69) is 0 Å². The van der Waals surface area contributed by atoms with Crippen LogP contribution >= 0.6 is 0 Å². The first-order valence-corrected chi connectivity index (χ1v) is 11.3. The number of imide groups is 1. The Labute approximate surface area is 200 Å². The van der Waals surface area contributed by atoms with E-state index in [-0.39, 0.29) is 6.10 Å². The van der Waals surface area contributed by atoms with Crippen molar-refractivity contribution in [3.8, 4) is 11.5 Å². The van der Waals surface area contributed by atoms with Crippen molar-refractivity contribution < 1.29 is 19.1 Å². The molecule has 1 aliphatic heterocycles. The Morgan fingerprint density at radius 1 is 0.853 bits per heavy atom. The van der Waals surface area contributed by atoms with Crippen molar-refractivity contribution in [3.63, 3.8) is 0 Å². The van der Waals surface area contributed by atoms with Gasteiger partial charge < -0.3 is 14.4 Å². The summed E-state index contributed by atoms with van der Waals surface area (Å²) in [4.78, 5) is 30.6. The molecule has 0 aliphatic carbocycles. The summed E-state index contributed by atoms with van der Waals surface area (Å²) in [5.74, 6) is 0.386. The Kier molecular flexibility index (Phi) is 6.68. The number of benzene rings is 3. The second kappa shape index (κ2) is 9.83. The third-order valence-electron chi connectivity index (χ3n) is 5.46. The average Bonchev–Trinajstić information content (AvgIpc) is 3.10. The lowest BCUT2D eigenvalue weighted by Crippen LogP contribution is -2.34. The van der Waals surface area contributed by atoms with Gasteiger partial charge >= 0.3 is 0 Å². The molecule has 0 atom stereocenters. The monoisotopic (exact) mass is 456 g/mol. The Bertz CT molecular complexity index is 1220. The van der Waals surface area contributed by atoms with Crippen molar-refractivity contribution in [2.75, 3.05) is 23.5 Å². The van der Waals surface area contributed by atoms with Gasteiger partial charge in [0.1, 0.15) is 17.2 Å². The summed E-state index contributed by atoms with van der Waals surface area (Å²) in [5.41, 5.74) is 2.51. The second-order valence-electron chi connectivity index (χ2n) is 8.16. The van der Waals surface area contributed by atoms with Gasteiger partial charge in [0.15, 0.2) is 0 Å². The van der Waals surface area contributed by atoms with E-state index in [1.807, 2.05) is 81.4 Å². The van der Waals surface area contributed by atoms with Gasteiger partial charge in [0, 0.05) is 12.7 Å². The summed E-state index contributed by atoms with van der Waals surface area (Å²) >= 11 is 0. The molecule has 3 aromatic rings. The van der Waals surface area contributed by atoms with Crippen molar-refractivity contribution in [2.24, 2.45) is 0 Å². The molecule has 0 spiro atoms. The maximum absolute atomic E-state index is 13.8. The van der Waals surface area contributed by atoms with Crippen LogP contribution in [-0.2, 0) is 9.59 Å². The summed E-state index contributed by atoms with van der Waals surface area (Å²) in [6.07, 6.45) is 0.0325. The van der Waals surface area contributed by atoms with E-state index in [0.717, 1.165) is 5.69 Å². The summed E-state index contributed by atoms with van der Waals surface area (Å²) in [7, 11) is 1.80. The van der Waals surface area contributed by atoms with Gasteiger partial charge in [-0.1, -0.05) is 42.5 Å². The quantitative estimate of drug-likeness (QED) is 0.431. The summed E-state index contributed by atoms with van der Waals surface area (Å²) in [5, 5.41) is 0. The van der Waals surface area contributed by atoms with Crippen LogP contribution < -0.4 is 19.3 Å². The number of hydrogen-bond acceptors (Lipinski definition) is 5. The van der Waals surface area contributed by atoms with E-state index in [1.54, 1.807) is 30.1 Å². The first-order chi connectivity index (χ1) is 16.4. The van der Waals surface area contributed by atoms with Crippen LogP contribution in [0.3, 0.4) is 0 Å². The number of carbonyl (C=O) groups excluding carboxylic acids is 2. The first-order valence-electron chi connectivity index (χ1n) is 11.3. The van der Waals surface area contributed by atoms with E-state index in [9.17, 15) is 9.59 Å². The highest BCUT2D eigenvalue weighted by molar-refractivity contribution is 6.46. The molecule has 0 saturated heterocycles. The van der Waals surface area contributed by atoms with Gasteiger partial charge in [0.25, 0.3) is 11.8 Å². The number of anilines is 2. The Balaban J connectivity index is 1.84. The third-order valence-corrected chi connectivity index (χ3v) is 5.46. The molecule has 1 aliphatic rings. The summed E-state index contributed by atoms with van der Waals surface area (Å²) in [6.45, 7) is 6.19. The predicted molar refractivity (Wildman–Crippen MR) is 134 cm³/mol. The predicted octanol–water partition coefficient (Wildman–Crippen LogP) is 5.29. The molecule has 34 heavy (non-hydrogen) atoms. The zero-order valence-corrected chi connectivity index (χ0v) is 19.8. The number of rotatable bonds is 8. The summed E-state index contributed by atoms with van der Waals surface area (Å²) < 4.78 is 11.5. The van der Waals surface area contributed by atoms with Gasteiger partial charge in [-0.3, -0.25) is 9.59 Å². The smallest absolute Gasteiger partial charge is 0.282 e. The number of ether oxygens (including phenoxy) is 2. The first kappa shape index (κ1) is 23.1. The van der Waals surface area contributed by atoms with Crippen molar-refractivity contribution in [2.45, 2.75) is 26.9 Å². The molecule has 2 amide bonds. The zero-order chi connectivity index (χ0) is 24.2. The van der Waals surface area contributed by atoms with Crippen LogP contribution in [0.5, 0.6) is 11.5 Å². The van der Waals surface area contributed by atoms with Crippen LogP contribution in [-0.4, -0.2) is 31.6 Å². The molecule has 0 saturated carbocycles. The number of carbonyl (C=O) groups is 2. The van der Waals surface area contributed by atoms with Crippen LogP contribution in [0.1, 0.15) is 26.3 Å². The maximum Gasteiger partial charge on any atom is 0.282 e. The molecule has 174 valence electrons. The lowest BCUT2D eigenvalue weighted by Gasteiger charge is -2.22. The molecule has 4 rings (SSSR count). The fourth-order valence-electron chi connectivity index (χ4n) is 3.98. The Hall–Kier alpha value is -4.06. The standard InChI is InChI=1S/C28H28N2O4/c1-5-33-24-14-10-9-13-23(24)30-27(31)25(20-15-17-22(18-16-20)34-19(2)3)26(28(30)32)29(4)21-11-7-6-8-12-21/h6-19H,5H2,1-4H3. The minimum atomic E-state index is -0.402. The molecule has 3 aromatic carbocycles. The highest BCUT2D eigenvalue weighted by Gasteiger charge is 2.43. The lowest BCUT2D eigenvalue weighted by molar-refractivity contribution is -0.120. The van der Waals surface area contributed by atoms with Crippen LogP contribution in [0.25, 0.3) is 5.57 Å². The van der Waals surface area contributed by atoms with Gasteiger partial charge in [-0.15, -0.1) is 0 Å². The number of para-hydroxylation sites is 3. The van der Waals surface area contributed by atoms with Crippen LogP contribution in [0.2, 0.25) is 0 Å². The van der Waals surface area contributed by atoms with Crippen molar-refractivity contribution in [3.05, 3.63) is 90.1 Å². The lowest BCUT2D eigenvalue weighted by atomic mass is 10.0. The number of likely N-dealkylation sites (N-methyl/N-ethyl adjacent to an activating group) is 1. The molecule has 0 fully saturated rings. The van der Waals surface area contributed by atoms with Crippen molar-refractivity contribution >= 4 is 28.8 Å². The number of amides is 2. The van der Waals surface area contributed by atoms with E-state index >= 15 is 0 Å². The zero-order valence-electron chi connectivity index (χ0n) is 19.8. The molecule has 0 radical (unpaired) electrons. The normalized spacial score (nSPS) is 13.6. The molecule has 0 bridgehead atoms. The topological polar surface area (TPSA) is 59.1 Å². The summed E-state index contributed by atoms with van der Waals surface area (Å²) in [6, 6.07) is 23.9. The van der Waals surface area contributed by atoms with Crippen molar-refractivity contribution in [1.82, 2.24) is 0 Å². The fraction of sp³-hybridized carbons (Fsp3) is 0.214. The van der Waals surface area contributed by atoms with E-state index in [1.165, 1.54) is 4.90 Å². The van der Waals surface area contributed by atoms with Gasteiger partial charge in [-0.05, 0) is 62.7 Å². The molecule has 1 heterocycles. The van der Waals surface area contributed by atoms with E-state index < -0.39 is 11.8 Å². The van der Waals surface area contributed by atoms with E-state index in [4.69, 9.17) is 9.47 Å².